The highest BCUT2D eigenvalue weighted by atomic mass is 16.5. The average Bonchev–Trinajstić information content (AvgIpc) is 3.13. The molecule has 184 valence electrons. The third kappa shape index (κ3) is 3.01. The Morgan fingerprint density at radius 1 is 1.18 bits per heavy atom. The van der Waals surface area contributed by atoms with Crippen LogP contribution >= 0.6 is 0 Å². The number of aliphatic hydroxyl groups excluding tert-OH is 2. The Morgan fingerprint density at radius 2 is 1.85 bits per heavy atom. The normalized spacial score (nSPS) is 45.2. The largest absolute Gasteiger partial charge is 0.461 e. The van der Waals surface area contributed by atoms with Crippen molar-refractivity contribution in [3.63, 3.8) is 0 Å². The fraction of sp³-hybridized carbons (Fsp3) is 0.769. The molecule has 2 saturated carbocycles. The third-order valence-corrected chi connectivity index (χ3v) is 9.30. The van der Waals surface area contributed by atoms with Crippen LogP contribution in [0, 0.1) is 28.6 Å². The van der Waals surface area contributed by atoms with Crippen molar-refractivity contribution in [1.29, 1.82) is 0 Å². The van der Waals surface area contributed by atoms with E-state index < -0.39 is 58.0 Å². The van der Waals surface area contributed by atoms with E-state index in [1.807, 2.05) is 20.8 Å². The molecule has 7 heteroatoms. The third-order valence-electron chi connectivity index (χ3n) is 9.30. The number of aliphatic hydroxyl groups is 4. The van der Waals surface area contributed by atoms with Gasteiger partial charge >= 0.3 is 5.97 Å². The van der Waals surface area contributed by atoms with Crippen molar-refractivity contribution in [2.45, 2.75) is 90.1 Å². The standard InChI is InChI=1S/C26H38O7/c1-6-7-8-9-18(27)33-13-16-10-17-19-23(4,5)25(19,31)12-15(3)24(22(17)30)11-14(2)20(28)26(24,32)21(16)29/h10-11,15,17,19-21,28-29,31-32H,6-9,12-13H2,1-5H3/t15?,17-,19+,20-,21+,24?,25-,26+/m0/s1. The van der Waals surface area contributed by atoms with Gasteiger partial charge in [0.1, 0.15) is 24.4 Å². The van der Waals surface area contributed by atoms with E-state index in [0.29, 0.717) is 12.0 Å². The molecule has 2 unspecified atom stereocenters. The van der Waals surface area contributed by atoms with E-state index in [1.54, 1.807) is 26.0 Å². The Hall–Kier alpha value is -1.54. The van der Waals surface area contributed by atoms with E-state index in [4.69, 9.17) is 4.74 Å². The Bertz CT molecular complexity index is 920. The van der Waals surface area contributed by atoms with Crippen LogP contribution in [-0.2, 0) is 14.3 Å². The number of ether oxygens (including phenoxy) is 1. The molecule has 33 heavy (non-hydrogen) atoms. The Kier molecular flexibility index (Phi) is 5.76. The zero-order chi connectivity index (χ0) is 24.6. The van der Waals surface area contributed by atoms with Crippen LogP contribution in [0.4, 0.5) is 0 Å². The maximum atomic E-state index is 14.1. The number of hydrogen-bond acceptors (Lipinski definition) is 7. The molecule has 0 amide bonds. The molecule has 2 bridgehead atoms. The van der Waals surface area contributed by atoms with Crippen LogP contribution < -0.4 is 0 Å². The highest BCUT2D eigenvalue weighted by Crippen LogP contribution is 2.73. The second kappa shape index (κ2) is 7.74. The molecule has 4 aliphatic carbocycles. The molecular formula is C26H38O7. The SMILES string of the molecule is CCCCCC(=O)OCC1=C[C@@H]2C(=O)C3(C=C(C)[C@H](O)[C@@]3(O)[C@@H]1O)C(C)C[C@]1(O)[C@H]2C1(C)C. The number of hydrogen-bond donors (Lipinski definition) is 4. The van der Waals surface area contributed by atoms with Crippen LogP contribution in [-0.4, -0.2) is 62.2 Å². The van der Waals surface area contributed by atoms with Gasteiger partial charge in [0.2, 0.25) is 0 Å². The van der Waals surface area contributed by atoms with Crippen molar-refractivity contribution >= 4 is 11.8 Å². The van der Waals surface area contributed by atoms with Crippen LogP contribution in [0.3, 0.4) is 0 Å². The van der Waals surface area contributed by atoms with Gasteiger partial charge in [0.05, 0.1) is 11.0 Å². The van der Waals surface area contributed by atoms with Crippen LogP contribution in [0.15, 0.2) is 23.3 Å². The Balaban J connectivity index is 1.77. The summed E-state index contributed by atoms with van der Waals surface area (Å²) in [6.07, 6.45) is 3.23. The molecule has 7 nitrogen and oxygen atoms in total. The van der Waals surface area contributed by atoms with Crippen molar-refractivity contribution in [1.82, 2.24) is 0 Å². The minimum Gasteiger partial charge on any atom is -0.461 e. The summed E-state index contributed by atoms with van der Waals surface area (Å²) in [5.74, 6) is -2.41. The summed E-state index contributed by atoms with van der Waals surface area (Å²) in [5.41, 5.74) is -4.78. The monoisotopic (exact) mass is 462 g/mol. The summed E-state index contributed by atoms with van der Waals surface area (Å²) in [6, 6.07) is 0. The second-order valence-electron chi connectivity index (χ2n) is 11.4. The predicted molar refractivity (Wildman–Crippen MR) is 121 cm³/mol. The van der Waals surface area contributed by atoms with E-state index >= 15 is 0 Å². The predicted octanol–water partition coefficient (Wildman–Crippen LogP) is 2.06. The molecule has 4 rings (SSSR count). The van der Waals surface area contributed by atoms with Crippen LogP contribution in [0.2, 0.25) is 0 Å². The first kappa shape index (κ1) is 24.6. The molecule has 0 aromatic carbocycles. The summed E-state index contributed by atoms with van der Waals surface area (Å²) in [4.78, 5) is 26.4. The zero-order valence-corrected chi connectivity index (χ0v) is 20.3. The van der Waals surface area contributed by atoms with Crippen molar-refractivity contribution in [3.8, 4) is 0 Å². The molecular weight excluding hydrogens is 424 g/mol. The van der Waals surface area contributed by atoms with Crippen LogP contribution in [0.25, 0.3) is 0 Å². The minimum atomic E-state index is -2.21. The molecule has 4 N–H and O–H groups in total. The van der Waals surface area contributed by atoms with Gasteiger partial charge in [0.25, 0.3) is 0 Å². The van der Waals surface area contributed by atoms with E-state index in [-0.39, 0.29) is 30.8 Å². The number of carbonyl (C=O) groups excluding carboxylic acids is 2. The Labute approximate surface area is 195 Å². The lowest BCUT2D eigenvalue weighted by atomic mass is 9.59. The number of ketones is 1. The van der Waals surface area contributed by atoms with Crippen LogP contribution in [0.1, 0.15) is 66.7 Å². The van der Waals surface area contributed by atoms with E-state index in [9.17, 15) is 30.0 Å². The van der Waals surface area contributed by atoms with Crippen molar-refractivity contribution in [3.05, 3.63) is 23.3 Å². The topological polar surface area (TPSA) is 124 Å². The Morgan fingerprint density at radius 3 is 2.48 bits per heavy atom. The molecule has 0 saturated heterocycles. The van der Waals surface area contributed by atoms with E-state index in [2.05, 4.69) is 0 Å². The van der Waals surface area contributed by atoms with Gasteiger partial charge in [-0.2, -0.15) is 0 Å². The maximum absolute atomic E-state index is 14.1. The first-order valence-corrected chi connectivity index (χ1v) is 12.2. The smallest absolute Gasteiger partial charge is 0.306 e. The molecule has 8 atom stereocenters. The van der Waals surface area contributed by atoms with Gasteiger partial charge in [-0.3, -0.25) is 9.59 Å². The van der Waals surface area contributed by atoms with Crippen molar-refractivity contribution in [2.75, 3.05) is 6.61 Å². The highest BCUT2D eigenvalue weighted by Gasteiger charge is 2.81. The summed E-state index contributed by atoms with van der Waals surface area (Å²) in [5, 5.41) is 45.9. The highest BCUT2D eigenvalue weighted by molar-refractivity contribution is 5.95. The molecule has 0 aliphatic heterocycles. The van der Waals surface area contributed by atoms with Crippen molar-refractivity contribution < 1.29 is 34.8 Å². The van der Waals surface area contributed by atoms with Gasteiger partial charge in [-0.1, -0.05) is 52.7 Å². The molecule has 0 aromatic rings. The quantitative estimate of drug-likeness (QED) is 0.271. The lowest BCUT2D eigenvalue weighted by Gasteiger charge is -2.48. The van der Waals surface area contributed by atoms with Gasteiger partial charge in [-0.15, -0.1) is 0 Å². The number of fused-ring (bicyclic) bond motifs is 3. The first-order valence-electron chi connectivity index (χ1n) is 12.2. The summed E-state index contributed by atoms with van der Waals surface area (Å²) in [7, 11) is 0. The van der Waals surface area contributed by atoms with Gasteiger partial charge in [-0.05, 0) is 36.8 Å². The maximum Gasteiger partial charge on any atom is 0.306 e. The number of unbranched alkanes of at least 4 members (excludes halogenated alkanes) is 2. The van der Waals surface area contributed by atoms with Gasteiger partial charge < -0.3 is 25.2 Å². The molecule has 0 radical (unpaired) electrons. The first-order chi connectivity index (χ1) is 15.3. The molecule has 4 aliphatic rings. The van der Waals surface area contributed by atoms with Gasteiger partial charge in [0.15, 0.2) is 5.78 Å². The summed E-state index contributed by atoms with van der Waals surface area (Å²) < 4.78 is 5.42. The number of esters is 1. The molecule has 1 spiro atoms. The summed E-state index contributed by atoms with van der Waals surface area (Å²) >= 11 is 0. The fourth-order valence-corrected chi connectivity index (χ4v) is 7.27. The average molecular weight is 463 g/mol. The number of carbonyl (C=O) groups is 2. The van der Waals surface area contributed by atoms with Gasteiger partial charge in [-0.25, -0.2) is 0 Å². The number of allylic oxidation sites excluding steroid dienone is 1. The van der Waals surface area contributed by atoms with Gasteiger partial charge in [0, 0.05) is 23.7 Å². The van der Waals surface area contributed by atoms with E-state index in [0.717, 1.165) is 12.8 Å². The number of rotatable bonds is 6. The van der Waals surface area contributed by atoms with Crippen molar-refractivity contribution in [2.24, 2.45) is 28.6 Å². The van der Waals surface area contributed by atoms with Crippen LogP contribution in [0.5, 0.6) is 0 Å². The second-order valence-corrected chi connectivity index (χ2v) is 11.4. The molecule has 2 fully saturated rings. The fourth-order valence-electron chi connectivity index (χ4n) is 7.27. The summed E-state index contributed by atoms with van der Waals surface area (Å²) in [6.45, 7) is 9.04. The number of Topliss-reactive ketones (excluding diaryl/α,β-unsaturated/α-hetero) is 1. The molecule has 0 heterocycles. The van der Waals surface area contributed by atoms with E-state index in [1.165, 1.54) is 0 Å². The lowest BCUT2D eigenvalue weighted by molar-refractivity contribution is -0.191. The lowest BCUT2D eigenvalue weighted by Crippen LogP contribution is -2.65. The zero-order valence-electron chi connectivity index (χ0n) is 20.3. The minimum absolute atomic E-state index is 0.197. The molecule has 0 aromatic heterocycles.